The molecule has 2 aliphatic rings. The molecule has 4 rings (SSSR count). The van der Waals surface area contributed by atoms with Crippen LogP contribution in [-0.2, 0) is 0 Å². The number of fused-ring (bicyclic) bond motifs is 1. The van der Waals surface area contributed by atoms with E-state index < -0.39 is 11.8 Å². The van der Waals surface area contributed by atoms with Crippen molar-refractivity contribution in [2.75, 3.05) is 12.0 Å². The SMILES string of the molecule is COc1ccc(N2C(=O)c3cccc(O)c3C2=O)cc1OC1CCCC1. The van der Waals surface area contributed by atoms with Gasteiger partial charge in [0.05, 0.1) is 30.0 Å². The van der Waals surface area contributed by atoms with Crippen molar-refractivity contribution < 1.29 is 24.2 Å². The van der Waals surface area contributed by atoms with Gasteiger partial charge in [0.25, 0.3) is 11.8 Å². The molecule has 1 N–H and O–H groups in total. The number of nitrogens with zero attached hydrogens (tertiary/aromatic N) is 1. The molecule has 0 unspecified atom stereocenters. The lowest BCUT2D eigenvalue weighted by molar-refractivity contribution is 0.0925. The highest BCUT2D eigenvalue weighted by Crippen LogP contribution is 2.38. The first-order chi connectivity index (χ1) is 12.6. The molecule has 0 aromatic heterocycles. The van der Waals surface area contributed by atoms with Crippen molar-refractivity contribution in [1.29, 1.82) is 0 Å². The van der Waals surface area contributed by atoms with Crippen LogP contribution in [0.1, 0.15) is 46.4 Å². The van der Waals surface area contributed by atoms with Crippen LogP contribution >= 0.6 is 0 Å². The maximum absolute atomic E-state index is 12.7. The summed E-state index contributed by atoms with van der Waals surface area (Å²) in [4.78, 5) is 26.5. The average molecular weight is 353 g/mol. The number of rotatable bonds is 4. The van der Waals surface area contributed by atoms with Gasteiger partial charge in [-0.1, -0.05) is 6.07 Å². The van der Waals surface area contributed by atoms with Gasteiger partial charge in [-0.3, -0.25) is 9.59 Å². The van der Waals surface area contributed by atoms with E-state index in [1.165, 1.54) is 12.1 Å². The molecule has 1 saturated carbocycles. The predicted octanol–water partition coefficient (Wildman–Crippen LogP) is 3.52. The number of ether oxygens (including phenoxy) is 2. The number of phenols is 1. The first-order valence-corrected chi connectivity index (χ1v) is 8.65. The maximum Gasteiger partial charge on any atom is 0.269 e. The molecule has 0 bridgehead atoms. The van der Waals surface area contributed by atoms with Crippen molar-refractivity contribution >= 4 is 17.5 Å². The second kappa shape index (κ2) is 6.37. The fourth-order valence-electron chi connectivity index (χ4n) is 3.58. The number of imide groups is 1. The Morgan fingerprint density at radius 1 is 1.04 bits per heavy atom. The van der Waals surface area contributed by atoms with Gasteiger partial charge in [-0.2, -0.15) is 0 Å². The van der Waals surface area contributed by atoms with Crippen LogP contribution in [0.15, 0.2) is 36.4 Å². The summed E-state index contributed by atoms with van der Waals surface area (Å²) >= 11 is 0. The molecule has 2 amide bonds. The third-order valence-electron chi connectivity index (χ3n) is 4.89. The van der Waals surface area contributed by atoms with E-state index in [0.29, 0.717) is 17.2 Å². The predicted molar refractivity (Wildman–Crippen MR) is 95.1 cm³/mol. The summed E-state index contributed by atoms with van der Waals surface area (Å²) in [5.41, 5.74) is 0.625. The molecule has 0 saturated heterocycles. The van der Waals surface area contributed by atoms with Crippen molar-refractivity contribution in [3.63, 3.8) is 0 Å². The van der Waals surface area contributed by atoms with Gasteiger partial charge >= 0.3 is 0 Å². The van der Waals surface area contributed by atoms with Gasteiger partial charge in [0, 0.05) is 6.07 Å². The van der Waals surface area contributed by atoms with Crippen LogP contribution < -0.4 is 14.4 Å². The molecule has 6 heteroatoms. The normalized spacial score (nSPS) is 16.9. The van der Waals surface area contributed by atoms with E-state index in [1.807, 2.05) is 0 Å². The third kappa shape index (κ3) is 2.58. The topological polar surface area (TPSA) is 76.1 Å². The highest BCUT2D eigenvalue weighted by atomic mass is 16.5. The van der Waals surface area contributed by atoms with Crippen molar-refractivity contribution in [2.24, 2.45) is 0 Å². The van der Waals surface area contributed by atoms with Gasteiger partial charge in [-0.25, -0.2) is 4.90 Å². The molecule has 2 aromatic rings. The maximum atomic E-state index is 12.7. The largest absolute Gasteiger partial charge is 0.507 e. The standard InChI is InChI=1S/C20H19NO5/c1-25-16-10-9-12(11-17(16)26-13-5-2-3-6-13)21-19(23)14-7-4-8-15(22)18(14)20(21)24/h4,7-11,13,22H,2-3,5-6H2,1H3. The first-order valence-electron chi connectivity index (χ1n) is 8.65. The highest BCUT2D eigenvalue weighted by molar-refractivity contribution is 6.35. The Labute approximate surface area is 151 Å². The molecule has 1 heterocycles. The fourth-order valence-corrected chi connectivity index (χ4v) is 3.58. The quantitative estimate of drug-likeness (QED) is 0.851. The summed E-state index contributed by atoms with van der Waals surface area (Å²) in [6.45, 7) is 0. The number of hydrogen-bond acceptors (Lipinski definition) is 5. The lowest BCUT2D eigenvalue weighted by atomic mass is 10.1. The molecule has 26 heavy (non-hydrogen) atoms. The van der Waals surface area contributed by atoms with Gasteiger partial charge in [0.15, 0.2) is 11.5 Å². The Kier molecular flexibility index (Phi) is 4.03. The summed E-state index contributed by atoms with van der Waals surface area (Å²) in [5, 5.41) is 9.97. The van der Waals surface area contributed by atoms with Crippen molar-refractivity contribution in [1.82, 2.24) is 0 Å². The minimum Gasteiger partial charge on any atom is -0.507 e. The number of hydrogen-bond donors (Lipinski definition) is 1. The molecule has 0 atom stereocenters. The molecule has 1 fully saturated rings. The molecular formula is C20H19NO5. The summed E-state index contributed by atoms with van der Waals surface area (Å²) < 4.78 is 11.4. The second-order valence-electron chi connectivity index (χ2n) is 6.50. The Bertz CT molecular complexity index is 886. The molecule has 134 valence electrons. The molecule has 0 spiro atoms. The van der Waals surface area contributed by atoms with E-state index in [9.17, 15) is 14.7 Å². The van der Waals surface area contributed by atoms with E-state index in [4.69, 9.17) is 9.47 Å². The Balaban J connectivity index is 1.71. The Morgan fingerprint density at radius 3 is 2.50 bits per heavy atom. The zero-order chi connectivity index (χ0) is 18.3. The van der Waals surface area contributed by atoms with Gasteiger partial charge in [-0.15, -0.1) is 0 Å². The Hall–Kier alpha value is -3.02. The average Bonchev–Trinajstić information content (AvgIpc) is 3.23. The van der Waals surface area contributed by atoms with E-state index in [2.05, 4.69) is 0 Å². The molecular weight excluding hydrogens is 334 g/mol. The molecule has 0 radical (unpaired) electrons. The summed E-state index contributed by atoms with van der Waals surface area (Å²) in [6.07, 6.45) is 4.34. The van der Waals surface area contributed by atoms with Gasteiger partial charge in [0.1, 0.15) is 5.75 Å². The van der Waals surface area contributed by atoms with Crippen molar-refractivity contribution in [3.05, 3.63) is 47.5 Å². The van der Waals surface area contributed by atoms with Crippen LogP contribution in [0.2, 0.25) is 0 Å². The number of amides is 2. The highest BCUT2D eigenvalue weighted by Gasteiger charge is 2.39. The first kappa shape index (κ1) is 16.4. The smallest absolute Gasteiger partial charge is 0.269 e. The van der Waals surface area contributed by atoms with Crippen LogP contribution in [0.25, 0.3) is 0 Å². The summed E-state index contributed by atoms with van der Waals surface area (Å²) in [5.74, 6) is -0.130. The second-order valence-corrected chi connectivity index (χ2v) is 6.50. The molecule has 2 aromatic carbocycles. The lowest BCUT2D eigenvalue weighted by Crippen LogP contribution is -2.29. The van der Waals surface area contributed by atoms with Crippen LogP contribution in [0, 0.1) is 0 Å². The number of carbonyl (C=O) groups is 2. The fraction of sp³-hybridized carbons (Fsp3) is 0.300. The summed E-state index contributed by atoms with van der Waals surface area (Å²) in [7, 11) is 1.55. The number of anilines is 1. The van der Waals surface area contributed by atoms with E-state index >= 15 is 0 Å². The number of carbonyl (C=O) groups excluding carboxylic acids is 2. The van der Waals surface area contributed by atoms with E-state index in [0.717, 1.165) is 30.6 Å². The van der Waals surface area contributed by atoms with Crippen LogP contribution in [-0.4, -0.2) is 30.1 Å². The van der Waals surface area contributed by atoms with Crippen LogP contribution in [0.3, 0.4) is 0 Å². The molecule has 1 aliphatic heterocycles. The van der Waals surface area contributed by atoms with Crippen LogP contribution in [0.4, 0.5) is 5.69 Å². The number of phenolic OH excluding ortho intramolecular Hbond substituents is 1. The van der Waals surface area contributed by atoms with E-state index in [-0.39, 0.29) is 23.0 Å². The summed E-state index contributed by atoms with van der Waals surface area (Å²) in [6, 6.07) is 9.45. The van der Waals surface area contributed by atoms with Crippen molar-refractivity contribution in [2.45, 2.75) is 31.8 Å². The number of aromatic hydroxyl groups is 1. The number of benzene rings is 2. The monoisotopic (exact) mass is 353 g/mol. The lowest BCUT2D eigenvalue weighted by Gasteiger charge is -2.19. The zero-order valence-corrected chi connectivity index (χ0v) is 14.4. The zero-order valence-electron chi connectivity index (χ0n) is 14.4. The molecule has 1 aliphatic carbocycles. The van der Waals surface area contributed by atoms with Gasteiger partial charge < -0.3 is 14.6 Å². The number of methoxy groups -OCH3 is 1. The third-order valence-corrected chi connectivity index (χ3v) is 4.89. The minimum absolute atomic E-state index is 0.0339. The molecule has 6 nitrogen and oxygen atoms in total. The minimum atomic E-state index is -0.542. The Morgan fingerprint density at radius 2 is 1.81 bits per heavy atom. The van der Waals surface area contributed by atoms with Crippen molar-refractivity contribution in [3.8, 4) is 17.2 Å². The van der Waals surface area contributed by atoms with Crippen LogP contribution in [0.5, 0.6) is 17.2 Å². The van der Waals surface area contributed by atoms with Gasteiger partial charge in [0.2, 0.25) is 0 Å². The van der Waals surface area contributed by atoms with Gasteiger partial charge in [-0.05, 0) is 49.9 Å². The van der Waals surface area contributed by atoms with E-state index in [1.54, 1.807) is 31.4 Å².